The number of hydrogen-bond donors (Lipinski definition) is 1. The van der Waals surface area contributed by atoms with Gasteiger partial charge in [-0.3, -0.25) is 0 Å². The number of ether oxygens (including phenoxy) is 2. The number of carbonyl (C=O) groups is 1. The van der Waals surface area contributed by atoms with Gasteiger partial charge in [-0.2, -0.15) is 0 Å². The zero-order valence-electron chi connectivity index (χ0n) is 17.2. The van der Waals surface area contributed by atoms with Gasteiger partial charge in [-0.15, -0.1) is 0 Å². The minimum Gasteiger partial charge on any atom is -0.489 e. The molecule has 154 valence electrons. The second-order valence-corrected chi connectivity index (χ2v) is 7.66. The number of unbranched alkanes of at least 4 members (excludes halogenated alkanes) is 1. The maximum absolute atomic E-state index is 13.2. The monoisotopic (exact) mass is 392 g/mol. The van der Waals surface area contributed by atoms with Crippen molar-refractivity contribution in [2.24, 2.45) is 0 Å². The first-order chi connectivity index (χ1) is 13.2. The van der Waals surface area contributed by atoms with Gasteiger partial charge in [0, 0.05) is 24.1 Å². The largest absolute Gasteiger partial charge is 0.489 e. The van der Waals surface area contributed by atoms with Gasteiger partial charge in [-0.25, -0.2) is 14.2 Å². The van der Waals surface area contributed by atoms with Crippen LogP contribution in [0.3, 0.4) is 0 Å². The Morgan fingerprint density at radius 2 is 2.11 bits per heavy atom. The third-order valence-corrected chi connectivity index (χ3v) is 3.97. The van der Waals surface area contributed by atoms with Crippen molar-refractivity contribution in [2.75, 3.05) is 13.2 Å². The van der Waals surface area contributed by atoms with Crippen LogP contribution >= 0.6 is 0 Å². The van der Waals surface area contributed by atoms with Crippen LogP contribution in [0.1, 0.15) is 52.0 Å². The lowest BCUT2D eigenvalue weighted by molar-refractivity contribution is 0.0531. The maximum atomic E-state index is 13.2. The third-order valence-electron chi connectivity index (χ3n) is 3.97. The lowest BCUT2D eigenvalue weighted by Gasteiger charge is -2.20. The zero-order valence-corrected chi connectivity index (χ0v) is 17.2. The van der Waals surface area contributed by atoms with Crippen molar-refractivity contribution in [3.63, 3.8) is 0 Å². The molecule has 0 fully saturated rings. The molecular weight excluding hydrogens is 363 g/mol. The molecule has 1 aromatic carbocycles. The summed E-state index contributed by atoms with van der Waals surface area (Å²) >= 11 is 0. The molecular formula is C21H29FN2O4. The van der Waals surface area contributed by atoms with Crippen molar-refractivity contribution in [2.45, 2.75) is 59.5 Å². The first kappa shape index (κ1) is 21.7. The second kappa shape index (κ2) is 9.57. The summed E-state index contributed by atoms with van der Waals surface area (Å²) in [6.07, 6.45) is 2.71. The number of aromatic nitrogens is 1. The van der Waals surface area contributed by atoms with Crippen molar-refractivity contribution in [1.82, 2.24) is 10.3 Å². The molecule has 2 aromatic rings. The van der Waals surface area contributed by atoms with Gasteiger partial charge in [0.2, 0.25) is 0 Å². The Kier molecular flexibility index (Phi) is 7.43. The highest BCUT2D eigenvalue weighted by Crippen LogP contribution is 2.28. The first-order valence-electron chi connectivity index (χ1n) is 9.50. The average molecular weight is 392 g/mol. The summed E-state index contributed by atoms with van der Waals surface area (Å²) in [6.45, 7) is 9.27. The van der Waals surface area contributed by atoms with E-state index in [2.05, 4.69) is 17.2 Å². The van der Waals surface area contributed by atoms with Crippen LogP contribution in [-0.4, -0.2) is 29.8 Å². The summed E-state index contributed by atoms with van der Waals surface area (Å²) in [5.41, 5.74) is 1.95. The molecule has 1 amide bonds. The van der Waals surface area contributed by atoms with Crippen molar-refractivity contribution in [1.29, 1.82) is 0 Å². The highest BCUT2D eigenvalue weighted by molar-refractivity contribution is 5.78. The number of fused-ring (bicyclic) bond motifs is 1. The van der Waals surface area contributed by atoms with Crippen LogP contribution in [0.25, 0.3) is 11.1 Å². The molecule has 1 heterocycles. The van der Waals surface area contributed by atoms with Crippen molar-refractivity contribution in [3.05, 3.63) is 35.5 Å². The Labute approximate surface area is 165 Å². The van der Waals surface area contributed by atoms with Crippen LogP contribution in [0.2, 0.25) is 0 Å². The Morgan fingerprint density at radius 1 is 1.36 bits per heavy atom. The van der Waals surface area contributed by atoms with Gasteiger partial charge in [0.25, 0.3) is 0 Å². The van der Waals surface area contributed by atoms with Gasteiger partial charge in [-0.1, -0.05) is 13.3 Å². The minimum atomic E-state index is -0.611. The van der Waals surface area contributed by atoms with Crippen LogP contribution in [-0.2, 0) is 11.2 Å². The average Bonchev–Trinajstić information content (AvgIpc) is 3.04. The number of halogens is 1. The molecule has 0 saturated heterocycles. The number of benzene rings is 1. The Morgan fingerprint density at radius 3 is 2.75 bits per heavy atom. The van der Waals surface area contributed by atoms with Crippen LogP contribution in [0.15, 0.2) is 28.5 Å². The molecule has 0 bridgehead atoms. The van der Waals surface area contributed by atoms with Crippen LogP contribution < -0.4 is 10.1 Å². The molecule has 6 nitrogen and oxygen atoms in total. The fourth-order valence-electron chi connectivity index (χ4n) is 2.53. The summed E-state index contributed by atoms with van der Waals surface area (Å²) in [4.78, 5) is 16.2. The van der Waals surface area contributed by atoms with Crippen LogP contribution in [0, 0.1) is 6.92 Å². The smallest absolute Gasteiger partial charge is 0.407 e. The number of oxazole rings is 1. The van der Waals surface area contributed by atoms with Gasteiger partial charge in [-0.05, 0) is 46.2 Å². The zero-order chi connectivity index (χ0) is 20.7. The van der Waals surface area contributed by atoms with E-state index in [0.717, 1.165) is 30.3 Å². The number of amides is 1. The van der Waals surface area contributed by atoms with Gasteiger partial charge in [0.15, 0.2) is 11.5 Å². The summed E-state index contributed by atoms with van der Waals surface area (Å²) in [7, 11) is 0. The van der Waals surface area contributed by atoms with E-state index in [-0.39, 0.29) is 18.7 Å². The summed E-state index contributed by atoms with van der Waals surface area (Å²) in [6, 6.07) is 3.62. The highest BCUT2D eigenvalue weighted by atomic mass is 19.1. The number of hydrogen-bond acceptors (Lipinski definition) is 5. The van der Waals surface area contributed by atoms with E-state index in [0.29, 0.717) is 23.6 Å². The molecule has 1 aromatic heterocycles. The molecule has 0 atom stereocenters. The predicted molar refractivity (Wildman–Crippen MR) is 106 cm³/mol. The van der Waals surface area contributed by atoms with E-state index in [1.807, 2.05) is 13.0 Å². The van der Waals surface area contributed by atoms with Gasteiger partial charge in [0.05, 0.1) is 6.33 Å². The number of carbonyl (C=O) groups excluding carboxylic acids is 1. The standard InChI is InChI=1S/C21H29FN2O4/c1-6-7-8-18-24-16-9-10-17(14(2)19(16)27-18)26-13-15(11-22)12-23-20(25)28-21(3,4)5/h9-11H,6-8,12-13H2,1-5H3,(H,23,25)/b15-11+. The van der Waals surface area contributed by atoms with E-state index < -0.39 is 11.7 Å². The molecule has 0 aliphatic carbocycles. The van der Waals surface area contributed by atoms with E-state index in [1.54, 1.807) is 26.8 Å². The van der Waals surface area contributed by atoms with Gasteiger partial charge in [0.1, 0.15) is 23.5 Å². The van der Waals surface area contributed by atoms with Crippen molar-refractivity contribution in [3.8, 4) is 5.75 Å². The molecule has 0 aliphatic heterocycles. The fraction of sp³-hybridized carbons (Fsp3) is 0.524. The number of rotatable bonds is 8. The molecule has 0 aliphatic rings. The van der Waals surface area contributed by atoms with E-state index in [9.17, 15) is 9.18 Å². The normalized spacial score (nSPS) is 12.3. The van der Waals surface area contributed by atoms with E-state index >= 15 is 0 Å². The molecule has 0 saturated carbocycles. The van der Waals surface area contributed by atoms with Crippen LogP contribution in [0.4, 0.5) is 9.18 Å². The Hall–Kier alpha value is -2.57. The summed E-state index contributed by atoms with van der Waals surface area (Å²) < 4.78 is 29.9. The summed E-state index contributed by atoms with van der Waals surface area (Å²) in [5.74, 6) is 1.30. The number of alkyl carbamates (subject to hydrolysis) is 1. The fourth-order valence-corrected chi connectivity index (χ4v) is 2.53. The summed E-state index contributed by atoms with van der Waals surface area (Å²) in [5, 5.41) is 2.52. The topological polar surface area (TPSA) is 73.6 Å². The maximum Gasteiger partial charge on any atom is 0.407 e. The lowest BCUT2D eigenvalue weighted by Crippen LogP contribution is -2.34. The van der Waals surface area contributed by atoms with Gasteiger partial charge >= 0.3 is 6.09 Å². The Balaban J connectivity index is 1.97. The molecule has 28 heavy (non-hydrogen) atoms. The molecule has 0 unspecified atom stereocenters. The predicted octanol–water partition coefficient (Wildman–Crippen LogP) is 5.24. The lowest BCUT2D eigenvalue weighted by atomic mass is 10.2. The van der Waals surface area contributed by atoms with E-state index in [4.69, 9.17) is 13.9 Å². The first-order valence-corrected chi connectivity index (χ1v) is 9.50. The molecule has 0 spiro atoms. The van der Waals surface area contributed by atoms with Crippen molar-refractivity contribution < 1.29 is 23.1 Å². The highest BCUT2D eigenvalue weighted by Gasteiger charge is 2.16. The number of nitrogens with one attached hydrogen (secondary N) is 1. The molecule has 0 radical (unpaired) electrons. The molecule has 2 rings (SSSR count). The minimum absolute atomic E-state index is 0.00379. The quantitative estimate of drug-likeness (QED) is 0.665. The Bertz CT molecular complexity index is 837. The van der Waals surface area contributed by atoms with Crippen molar-refractivity contribution >= 4 is 17.2 Å². The number of nitrogens with zero attached hydrogens (tertiary/aromatic N) is 1. The number of aryl methyl sites for hydroxylation is 2. The second-order valence-electron chi connectivity index (χ2n) is 7.66. The van der Waals surface area contributed by atoms with Crippen LogP contribution in [0.5, 0.6) is 5.75 Å². The molecule has 1 N–H and O–H groups in total. The molecule has 7 heteroatoms. The van der Waals surface area contributed by atoms with E-state index in [1.165, 1.54) is 0 Å². The third kappa shape index (κ3) is 6.25. The SMILES string of the molecule is CCCCc1nc2ccc(OC/C(=C/F)CNC(=O)OC(C)(C)C)c(C)c2o1. The van der Waals surface area contributed by atoms with Gasteiger partial charge < -0.3 is 19.2 Å².